The highest BCUT2D eigenvalue weighted by atomic mass is 16.6. The molecule has 0 saturated carbocycles. The summed E-state index contributed by atoms with van der Waals surface area (Å²) in [6, 6.07) is 9.47. The zero-order valence-corrected chi connectivity index (χ0v) is 19.1. The van der Waals surface area contributed by atoms with E-state index in [0.717, 1.165) is 0 Å². The minimum Gasteiger partial charge on any atom is -0.507 e. The minimum atomic E-state index is -0.915. The van der Waals surface area contributed by atoms with Crippen LogP contribution in [0, 0.1) is 10.1 Å². The molecule has 0 bridgehead atoms. The molecular weight excluding hydrogens is 468 g/mol. The molecule has 0 spiro atoms. The Labute approximate surface area is 205 Å². The molecular formula is C25H22N4O7. The number of nitro benzene ring substituents is 1. The number of non-ortho nitro benzene ring substituents is 1. The molecule has 1 fully saturated rings. The molecule has 1 aromatic heterocycles. The lowest BCUT2D eigenvalue weighted by Crippen LogP contribution is -2.31. The van der Waals surface area contributed by atoms with Crippen LogP contribution in [0.25, 0.3) is 5.76 Å². The number of Topliss-reactive ketones (excluding diaryl/α,β-unsaturated/α-hetero) is 1. The molecule has 0 radical (unpaired) electrons. The monoisotopic (exact) mass is 490 g/mol. The van der Waals surface area contributed by atoms with E-state index in [-0.39, 0.29) is 23.6 Å². The smallest absolute Gasteiger partial charge is 0.295 e. The minimum absolute atomic E-state index is 0.0897. The van der Waals surface area contributed by atoms with Gasteiger partial charge in [0.15, 0.2) is 11.5 Å². The Kier molecular flexibility index (Phi) is 6.11. The summed E-state index contributed by atoms with van der Waals surface area (Å²) in [6.45, 7) is 1.55. The lowest BCUT2D eigenvalue weighted by atomic mass is 9.95. The maximum absolute atomic E-state index is 13.2. The fourth-order valence-corrected chi connectivity index (χ4v) is 4.42. The van der Waals surface area contributed by atoms with Crippen LogP contribution >= 0.6 is 0 Å². The molecule has 11 nitrogen and oxygen atoms in total. The average Bonchev–Trinajstić information content (AvgIpc) is 3.50. The molecule has 1 atom stereocenters. The van der Waals surface area contributed by atoms with Crippen molar-refractivity contribution < 1.29 is 29.1 Å². The molecule has 2 aromatic carbocycles. The largest absolute Gasteiger partial charge is 0.507 e. The van der Waals surface area contributed by atoms with E-state index in [4.69, 9.17) is 9.47 Å². The number of aliphatic hydroxyl groups is 1. The van der Waals surface area contributed by atoms with Gasteiger partial charge in [0.05, 0.1) is 22.9 Å². The summed E-state index contributed by atoms with van der Waals surface area (Å²) in [7, 11) is 0. The first-order valence-corrected chi connectivity index (χ1v) is 11.3. The van der Waals surface area contributed by atoms with Gasteiger partial charge in [-0.25, -0.2) is 4.98 Å². The highest BCUT2D eigenvalue weighted by Crippen LogP contribution is 2.41. The maximum atomic E-state index is 13.2. The number of fused-ring (bicyclic) bond motifs is 1. The van der Waals surface area contributed by atoms with E-state index >= 15 is 0 Å². The fraction of sp³-hybridized carbons (Fsp3) is 0.240. The predicted octanol–water partition coefficient (Wildman–Crippen LogP) is 3.07. The molecule has 1 saturated heterocycles. The molecule has 2 aliphatic heterocycles. The van der Waals surface area contributed by atoms with Gasteiger partial charge in [-0.05, 0) is 42.3 Å². The number of nitrogens with zero attached hydrogens (tertiary/aromatic N) is 4. The topological polar surface area (TPSA) is 137 Å². The van der Waals surface area contributed by atoms with Crippen LogP contribution < -0.4 is 9.47 Å². The highest BCUT2D eigenvalue weighted by Gasteiger charge is 2.46. The summed E-state index contributed by atoms with van der Waals surface area (Å²) in [5.41, 5.74) is 0.555. The number of benzene rings is 2. The predicted molar refractivity (Wildman–Crippen MR) is 126 cm³/mol. The first-order chi connectivity index (χ1) is 17.4. The number of hydrogen-bond acceptors (Lipinski definition) is 8. The number of rotatable bonds is 7. The van der Waals surface area contributed by atoms with Crippen LogP contribution in [-0.2, 0) is 16.1 Å². The third-order valence-corrected chi connectivity index (χ3v) is 6.15. The number of ketones is 1. The number of aliphatic hydroxyl groups excluding tert-OH is 1. The zero-order chi connectivity index (χ0) is 25.2. The summed E-state index contributed by atoms with van der Waals surface area (Å²) in [6.07, 6.45) is 5.63. The van der Waals surface area contributed by atoms with Crippen LogP contribution in [0.3, 0.4) is 0 Å². The normalized spacial score (nSPS) is 18.4. The summed E-state index contributed by atoms with van der Waals surface area (Å²) in [5, 5.41) is 22.4. The molecule has 2 aliphatic rings. The number of likely N-dealkylation sites (tertiary alicyclic amines) is 1. The van der Waals surface area contributed by atoms with Gasteiger partial charge in [-0.2, -0.15) is 0 Å². The molecule has 5 rings (SSSR count). The van der Waals surface area contributed by atoms with Crippen LogP contribution in [0.4, 0.5) is 5.69 Å². The van der Waals surface area contributed by atoms with Crippen molar-refractivity contribution in [1.82, 2.24) is 14.5 Å². The number of nitro groups is 1. The third-order valence-electron chi connectivity index (χ3n) is 6.15. The molecule has 1 amide bonds. The second-order valence-corrected chi connectivity index (χ2v) is 8.35. The van der Waals surface area contributed by atoms with Crippen LogP contribution in [0.15, 0.2) is 66.8 Å². The molecule has 11 heteroatoms. The Morgan fingerprint density at radius 1 is 1.08 bits per heavy atom. The second kappa shape index (κ2) is 9.53. The van der Waals surface area contributed by atoms with E-state index < -0.39 is 22.7 Å². The first kappa shape index (κ1) is 23.1. The van der Waals surface area contributed by atoms with E-state index in [0.29, 0.717) is 48.8 Å². The van der Waals surface area contributed by atoms with E-state index in [2.05, 4.69) is 4.98 Å². The highest BCUT2D eigenvalue weighted by molar-refractivity contribution is 6.46. The number of carbonyl (C=O) groups is 2. The van der Waals surface area contributed by atoms with Gasteiger partial charge in [0.1, 0.15) is 19.0 Å². The Morgan fingerprint density at radius 2 is 1.83 bits per heavy atom. The zero-order valence-electron chi connectivity index (χ0n) is 19.1. The Hall–Kier alpha value is -4.67. The van der Waals surface area contributed by atoms with E-state index in [9.17, 15) is 24.8 Å². The van der Waals surface area contributed by atoms with Crippen LogP contribution in [0.2, 0.25) is 0 Å². The number of imidazole rings is 1. The maximum Gasteiger partial charge on any atom is 0.295 e. The van der Waals surface area contributed by atoms with Crippen molar-refractivity contribution >= 4 is 23.1 Å². The summed E-state index contributed by atoms with van der Waals surface area (Å²) < 4.78 is 13.0. The third kappa shape index (κ3) is 4.26. The van der Waals surface area contributed by atoms with Crippen LogP contribution in [0.1, 0.15) is 23.6 Å². The number of hydrogen-bond donors (Lipinski definition) is 1. The number of aryl methyl sites for hydroxylation is 1. The van der Waals surface area contributed by atoms with Gasteiger partial charge in [0.25, 0.3) is 17.4 Å². The lowest BCUT2D eigenvalue weighted by Gasteiger charge is -2.25. The van der Waals surface area contributed by atoms with E-state index in [1.54, 1.807) is 36.9 Å². The van der Waals surface area contributed by atoms with Gasteiger partial charge in [-0.15, -0.1) is 0 Å². The van der Waals surface area contributed by atoms with Crippen LogP contribution in [0.5, 0.6) is 11.5 Å². The standard InChI is InChI=1S/C25H22N4O7/c30-23(17-4-7-19-20(14-17)36-13-12-35-19)21-22(16-2-5-18(6-3-16)29(33)34)28(25(32)24(21)31)10-1-9-27-11-8-26-15-27/h2-8,11,14-15,22,30H,1,9-10,12-13H2. The van der Waals surface area contributed by atoms with Gasteiger partial charge in [-0.1, -0.05) is 0 Å². The molecule has 1 unspecified atom stereocenters. The van der Waals surface area contributed by atoms with Crippen molar-refractivity contribution in [2.75, 3.05) is 19.8 Å². The van der Waals surface area contributed by atoms with Crippen LogP contribution in [-0.4, -0.2) is 55.9 Å². The SMILES string of the molecule is O=C1C(=O)N(CCCn2ccnc2)C(c2ccc([N+](=O)[O-])cc2)C1=C(O)c1ccc2c(c1)OCCO2. The molecule has 36 heavy (non-hydrogen) atoms. The molecule has 3 heterocycles. The Balaban J connectivity index is 1.54. The van der Waals surface area contributed by atoms with Gasteiger partial charge in [0.2, 0.25) is 0 Å². The van der Waals surface area contributed by atoms with E-state index in [1.807, 2.05) is 4.57 Å². The Morgan fingerprint density at radius 3 is 2.53 bits per heavy atom. The van der Waals surface area contributed by atoms with Crippen molar-refractivity contribution in [2.24, 2.45) is 0 Å². The van der Waals surface area contributed by atoms with Crippen molar-refractivity contribution in [3.05, 3.63) is 88.0 Å². The first-order valence-electron chi connectivity index (χ1n) is 11.3. The fourth-order valence-electron chi connectivity index (χ4n) is 4.42. The summed E-state index contributed by atoms with van der Waals surface area (Å²) in [5.74, 6) is -0.987. The summed E-state index contributed by atoms with van der Waals surface area (Å²) >= 11 is 0. The number of carbonyl (C=O) groups excluding carboxylic acids is 2. The van der Waals surface area contributed by atoms with Gasteiger partial charge in [-0.3, -0.25) is 19.7 Å². The average molecular weight is 490 g/mol. The second-order valence-electron chi connectivity index (χ2n) is 8.35. The molecule has 1 N–H and O–H groups in total. The van der Waals surface area contributed by atoms with Gasteiger partial charge in [0, 0.05) is 43.2 Å². The molecule has 3 aromatic rings. The van der Waals surface area contributed by atoms with Crippen molar-refractivity contribution in [2.45, 2.75) is 19.0 Å². The van der Waals surface area contributed by atoms with Crippen molar-refractivity contribution in [3.8, 4) is 11.5 Å². The van der Waals surface area contributed by atoms with Gasteiger partial charge < -0.3 is 24.0 Å². The molecule has 184 valence electrons. The van der Waals surface area contributed by atoms with E-state index in [1.165, 1.54) is 29.2 Å². The lowest BCUT2D eigenvalue weighted by molar-refractivity contribution is -0.384. The Bertz CT molecular complexity index is 1350. The summed E-state index contributed by atoms with van der Waals surface area (Å²) in [4.78, 5) is 42.3. The van der Waals surface area contributed by atoms with Crippen molar-refractivity contribution in [1.29, 1.82) is 0 Å². The number of amides is 1. The number of ether oxygens (including phenoxy) is 2. The quantitative estimate of drug-likeness (QED) is 0.175. The number of aromatic nitrogens is 2. The van der Waals surface area contributed by atoms with Crippen molar-refractivity contribution in [3.63, 3.8) is 0 Å². The molecule has 0 aliphatic carbocycles. The van der Waals surface area contributed by atoms with Gasteiger partial charge >= 0.3 is 0 Å².